The lowest BCUT2D eigenvalue weighted by Gasteiger charge is -2.44. The highest BCUT2D eigenvalue weighted by Gasteiger charge is 2.35. The Balaban J connectivity index is 1.59. The van der Waals surface area contributed by atoms with Gasteiger partial charge in [0.25, 0.3) is 0 Å². The Labute approximate surface area is 98.1 Å². The molecule has 3 rings (SSSR count). The maximum atomic E-state index is 5.89. The van der Waals surface area contributed by atoms with E-state index in [4.69, 9.17) is 9.47 Å². The van der Waals surface area contributed by atoms with Crippen LogP contribution >= 0.6 is 0 Å². The van der Waals surface area contributed by atoms with Crippen LogP contribution in [0.1, 0.15) is 38.5 Å². The van der Waals surface area contributed by atoms with Gasteiger partial charge in [-0.1, -0.05) is 12.8 Å². The Morgan fingerprint density at radius 2 is 1.88 bits per heavy atom. The third-order valence-electron chi connectivity index (χ3n) is 4.31. The molecule has 0 aromatic heterocycles. The molecule has 3 fully saturated rings. The van der Waals surface area contributed by atoms with Crippen molar-refractivity contribution in [2.75, 3.05) is 26.3 Å². The van der Waals surface area contributed by atoms with Gasteiger partial charge in [-0.2, -0.15) is 0 Å². The predicted octanol–water partition coefficient (Wildman–Crippen LogP) is 1.81. The Bertz CT molecular complexity index is 226. The van der Waals surface area contributed by atoms with E-state index in [1.54, 1.807) is 0 Å². The first-order valence-corrected chi connectivity index (χ1v) is 6.91. The van der Waals surface area contributed by atoms with E-state index in [0.717, 1.165) is 26.3 Å². The molecule has 0 bridgehead atoms. The Morgan fingerprint density at radius 1 is 0.938 bits per heavy atom. The number of rotatable bonds is 2. The minimum atomic E-state index is 0.501. The average Bonchev–Trinajstić information content (AvgIpc) is 2.82. The van der Waals surface area contributed by atoms with Crippen LogP contribution in [0.25, 0.3) is 0 Å². The molecule has 0 spiro atoms. The van der Waals surface area contributed by atoms with Crippen molar-refractivity contribution in [2.24, 2.45) is 0 Å². The van der Waals surface area contributed by atoms with Gasteiger partial charge < -0.3 is 9.47 Å². The van der Waals surface area contributed by atoms with Gasteiger partial charge in [-0.05, 0) is 25.7 Å². The van der Waals surface area contributed by atoms with Crippen LogP contribution in [0.15, 0.2) is 0 Å². The average molecular weight is 225 g/mol. The Hall–Kier alpha value is -0.120. The number of ether oxygens (including phenoxy) is 2. The molecule has 3 nitrogen and oxygen atoms in total. The van der Waals surface area contributed by atoms with E-state index >= 15 is 0 Å². The van der Waals surface area contributed by atoms with Gasteiger partial charge in [0, 0.05) is 25.7 Å². The molecule has 0 radical (unpaired) electrons. The fraction of sp³-hybridized carbons (Fsp3) is 1.00. The van der Waals surface area contributed by atoms with E-state index in [-0.39, 0.29) is 0 Å². The van der Waals surface area contributed by atoms with Crippen LogP contribution in [0.3, 0.4) is 0 Å². The van der Waals surface area contributed by atoms with E-state index in [1.165, 1.54) is 38.5 Å². The molecule has 1 aliphatic carbocycles. The molecule has 2 saturated heterocycles. The SMILES string of the molecule is C1COC(CN2CCOC3CCCCC32)C1. The summed E-state index contributed by atoms with van der Waals surface area (Å²) in [5, 5.41) is 0. The molecule has 2 heterocycles. The van der Waals surface area contributed by atoms with Crippen molar-refractivity contribution in [2.45, 2.75) is 56.8 Å². The zero-order valence-electron chi connectivity index (χ0n) is 10.1. The number of hydrogen-bond acceptors (Lipinski definition) is 3. The van der Waals surface area contributed by atoms with Crippen LogP contribution in [0, 0.1) is 0 Å². The lowest BCUT2D eigenvalue weighted by molar-refractivity contribution is -0.0983. The first-order valence-electron chi connectivity index (χ1n) is 6.91. The van der Waals surface area contributed by atoms with E-state index in [9.17, 15) is 0 Å². The first kappa shape index (κ1) is 11.0. The second-order valence-electron chi connectivity index (χ2n) is 5.39. The predicted molar refractivity (Wildman–Crippen MR) is 62.5 cm³/mol. The highest BCUT2D eigenvalue weighted by Crippen LogP contribution is 2.29. The molecule has 2 aliphatic heterocycles. The summed E-state index contributed by atoms with van der Waals surface area (Å²) in [7, 11) is 0. The zero-order valence-corrected chi connectivity index (χ0v) is 10.1. The quantitative estimate of drug-likeness (QED) is 0.715. The normalized spacial score (nSPS) is 40.9. The summed E-state index contributed by atoms with van der Waals surface area (Å²) in [5.74, 6) is 0. The summed E-state index contributed by atoms with van der Waals surface area (Å²) < 4.78 is 11.6. The monoisotopic (exact) mass is 225 g/mol. The van der Waals surface area contributed by atoms with E-state index < -0.39 is 0 Å². The van der Waals surface area contributed by atoms with Gasteiger partial charge in [-0.15, -0.1) is 0 Å². The van der Waals surface area contributed by atoms with Gasteiger partial charge >= 0.3 is 0 Å². The minimum absolute atomic E-state index is 0.501. The highest BCUT2D eigenvalue weighted by molar-refractivity contribution is 4.88. The number of morpholine rings is 1. The van der Waals surface area contributed by atoms with Gasteiger partial charge in [-0.3, -0.25) is 4.90 Å². The number of nitrogens with zero attached hydrogens (tertiary/aromatic N) is 1. The maximum Gasteiger partial charge on any atom is 0.0730 e. The van der Waals surface area contributed by atoms with Crippen LogP contribution in [0.4, 0.5) is 0 Å². The van der Waals surface area contributed by atoms with Crippen molar-refractivity contribution >= 4 is 0 Å². The van der Waals surface area contributed by atoms with Crippen LogP contribution in [-0.4, -0.2) is 49.5 Å². The van der Waals surface area contributed by atoms with Crippen molar-refractivity contribution in [3.05, 3.63) is 0 Å². The van der Waals surface area contributed by atoms with Gasteiger partial charge in [0.15, 0.2) is 0 Å². The highest BCUT2D eigenvalue weighted by atomic mass is 16.5. The summed E-state index contributed by atoms with van der Waals surface area (Å²) in [5.41, 5.74) is 0. The fourth-order valence-corrected chi connectivity index (χ4v) is 3.45. The van der Waals surface area contributed by atoms with Crippen molar-refractivity contribution in [1.82, 2.24) is 4.90 Å². The molecular weight excluding hydrogens is 202 g/mol. The molecule has 16 heavy (non-hydrogen) atoms. The third kappa shape index (κ3) is 2.27. The second kappa shape index (κ2) is 5.03. The van der Waals surface area contributed by atoms with Gasteiger partial charge in [0.2, 0.25) is 0 Å². The zero-order chi connectivity index (χ0) is 10.8. The van der Waals surface area contributed by atoms with Gasteiger partial charge in [0.05, 0.1) is 18.8 Å². The largest absolute Gasteiger partial charge is 0.377 e. The van der Waals surface area contributed by atoms with Crippen molar-refractivity contribution in [1.29, 1.82) is 0 Å². The molecule has 0 aromatic rings. The number of fused-ring (bicyclic) bond motifs is 1. The summed E-state index contributed by atoms with van der Waals surface area (Å²) in [6, 6.07) is 0.687. The van der Waals surface area contributed by atoms with Crippen LogP contribution < -0.4 is 0 Å². The first-order chi connectivity index (χ1) is 7.93. The van der Waals surface area contributed by atoms with E-state index in [1.807, 2.05) is 0 Å². The standard InChI is InChI=1S/C13H23NO2/c1-2-6-13-12(5-1)14(7-9-16-13)10-11-4-3-8-15-11/h11-13H,1-10H2. The summed E-state index contributed by atoms with van der Waals surface area (Å²) in [6.45, 7) is 4.16. The van der Waals surface area contributed by atoms with Crippen molar-refractivity contribution in [3.63, 3.8) is 0 Å². The molecule has 3 unspecified atom stereocenters. The minimum Gasteiger partial charge on any atom is -0.377 e. The second-order valence-corrected chi connectivity index (χ2v) is 5.39. The van der Waals surface area contributed by atoms with E-state index in [2.05, 4.69) is 4.90 Å². The maximum absolute atomic E-state index is 5.89. The molecule has 3 heteroatoms. The van der Waals surface area contributed by atoms with Crippen LogP contribution in [0.2, 0.25) is 0 Å². The van der Waals surface area contributed by atoms with Gasteiger partial charge in [-0.25, -0.2) is 0 Å². The van der Waals surface area contributed by atoms with Crippen LogP contribution in [0.5, 0.6) is 0 Å². The summed E-state index contributed by atoms with van der Waals surface area (Å²) in [6.07, 6.45) is 8.87. The summed E-state index contributed by atoms with van der Waals surface area (Å²) in [4.78, 5) is 2.64. The smallest absolute Gasteiger partial charge is 0.0730 e. The molecule has 3 atom stereocenters. The lowest BCUT2D eigenvalue weighted by atomic mass is 9.90. The topological polar surface area (TPSA) is 21.7 Å². The molecule has 0 amide bonds. The molecular formula is C13H23NO2. The Kier molecular flexibility index (Phi) is 3.46. The third-order valence-corrected chi connectivity index (χ3v) is 4.31. The van der Waals surface area contributed by atoms with Crippen LogP contribution in [-0.2, 0) is 9.47 Å². The van der Waals surface area contributed by atoms with E-state index in [0.29, 0.717) is 18.2 Å². The van der Waals surface area contributed by atoms with Crippen molar-refractivity contribution in [3.8, 4) is 0 Å². The fourth-order valence-electron chi connectivity index (χ4n) is 3.45. The molecule has 1 saturated carbocycles. The molecule has 3 aliphatic rings. The van der Waals surface area contributed by atoms with Crippen molar-refractivity contribution < 1.29 is 9.47 Å². The molecule has 0 N–H and O–H groups in total. The summed E-state index contributed by atoms with van der Waals surface area (Å²) >= 11 is 0. The van der Waals surface area contributed by atoms with Gasteiger partial charge in [0.1, 0.15) is 0 Å². The molecule has 92 valence electrons. The number of hydrogen-bond donors (Lipinski definition) is 0. The molecule has 0 aromatic carbocycles. The Morgan fingerprint density at radius 3 is 2.75 bits per heavy atom. The lowest BCUT2D eigenvalue weighted by Crippen LogP contribution is -2.54.